The second-order valence-electron chi connectivity index (χ2n) is 8.74. The Labute approximate surface area is 182 Å². The molecule has 0 aromatic heterocycles. The number of carbonyl (C=O) groups is 1. The topological polar surface area (TPSA) is 76.0 Å². The van der Waals surface area contributed by atoms with E-state index in [1.807, 2.05) is 39.8 Å². The van der Waals surface area contributed by atoms with Crippen LogP contribution in [0.1, 0.15) is 72.3 Å². The molecule has 31 heavy (non-hydrogen) atoms. The van der Waals surface area contributed by atoms with Gasteiger partial charge < -0.3 is 19.7 Å². The molecule has 2 aromatic carbocycles. The van der Waals surface area contributed by atoms with Gasteiger partial charge in [0.15, 0.2) is 6.29 Å². The summed E-state index contributed by atoms with van der Waals surface area (Å²) in [6.07, 6.45) is 5.51. The molecule has 0 saturated heterocycles. The van der Waals surface area contributed by atoms with Crippen molar-refractivity contribution in [3.8, 4) is 23.0 Å². The zero-order valence-corrected chi connectivity index (χ0v) is 18.4. The number of aldehydes is 1. The Balaban J connectivity index is 1.80. The van der Waals surface area contributed by atoms with Gasteiger partial charge in [-0.1, -0.05) is 23.3 Å². The number of benzene rings is 2. The van der Waals surface area contributed by atoms with Crippen molar-refractivity contribution in [1.29, 1.82) is 0 Å². The van der Waals surface area contributed by atoms with Gasteiger partial charge in [-0.3, -0.25) is 4.79 Å². The molecule has 2 atom stereocenters. The zero-order chi connectivity index (χ0) is 22.3. The Hall–Kier alpha value is -3.21. The van der Waals surface area contributed by atoms with E-state index in [4.69, 9.17) is 9.47 Å². The third kappa shape index (κ3) is 3.69. The fourth-order valence-corrected chi connectivity index (χ4v) is 4.29. The van der Waals surface area contributed by atoms with E-state index >= 15 is 0 Å². The molecular weight excluding hydrogens is 392 g/mol. The standard InChI is InChI=1S/C26H28O5/c1-14(2)5-7-17-22(28)10-9-19-24(17)30-13-21-20-11-16(12-27)23(29)18(8-6-15(3)4)25(20)31-26(19)21/h5-6,9-12,21,26,28-29H,7-8,13H2,1-4H3/t21-,26-/m0/s1. The summed E-state index contributed by atoms with van der Waals surface area (Å²) in [5, 5.41) is 21.1. The van der Waals surface area contributed by atoms with Crippen LogP contribution >= 0.6 is 0 Å². The van der Waals surface area contributed by atoms with Crippen LogP contribution in [0.3, 0.4) is 0 Å². The number of allylic oxidation sites excluding steroid dienone is 4. The number of phenols is 2. The van der Waals surface area contributed by atoms with Crippen molar-refractivity contribution in [2.24, 2.45) is 0 Å². The van der Waals surface area contributed by atoms with E-state index in [1.165, 1.54) is 0 Å². The maximum absolute atomic E-state index is 11.6. The summed E-state index contributed by atoms with van der Waals surface area (Å²) in [7, 11) is 0. The van der Waals surface area contributed by atoms with Gasteiger partial charge in [0.2, 0.25) is 0 Å². The van der Waals surface area contributed by atoms with Gasteiger partial charge in [-0.2, -0.15) is 0 Å². The van der Waals surface area contributed by atoms with Gasteiger partial charge in [0, 0.05) is 22.3 Å². The molecule has 5 nitrogen and oxygen atoms in total. The lowest BCUT2D eigenvalue weighted by atomic mass is 9.86. The van der Waals surface area contributed by atoms with Crippen LogP contribution in [0.5, 0.6) is 23.0 Å². The molecule has 0 fully saturated rings. The van der Waals surface area contributed by atoms with Crippen molar-refractivity contribution >= 4 is 6.29 Å². The third-order valence-corrected chi connectivity index (χ3v) is 5.95. The Morgan fingerprint density at radius 2 is 1.68 bits per heavy atom. The first-order chi connectivity index (χ1) is 14.8. The molecule has 0 amide bonds. The second-order valence-corrected chi connectivity index (χ2v) is 8.74. The van der Waals surface area contributed by atoms with Gasteiger partial charge in [0.25, 0.3) is 0 Å². The average Bonchev–Trinajstić information content (AvgIpc) is 3.09. The molecule has 0 bridgehead atoms. The fraction of sp³-hybridized carbons (Fsp3) is 0.346. The van der Waals surface area contributed by atoms with Crippen LogP contribution in [0.15, 0.2) is 41.5 Å². The van der Waals surface area contributed by atoms with E-state index in [0.29, 0.717) is 42.8 Å². The lowest BCUT2D eigenvalue weighted by Crippen LogP contribution is -2.24. The molecule has 2 heterocycles. The summed E-state index contributed by atoms with van der Waals surface area (Å²) < 4.78 is 12.6. The molecular formula is C26H28O5. The maximum atomic E-state index is 11.6. The van der Waals surface area contributed by atoms with Gasteiger partial charge in [0.05, 0.1) is 18.1 Å². The van der Waals surface area contributed by atoms with Gasteiger partial charge in [0.1, 0.15) is 29.1 Å². The van der Waals surface area contributed by atoms with Gasteiger partial charge in [-0.25, -0.2) is 0 Å². The molecule has 4 rings (SSSR count). The van der Waals surface area contributed by atoms with Crippen molar-refractivity contribution in [3.05, 3.63) is 69.3 Å². The Bertz CT molecular complexity index is 1100. The summed E-state index contributed by atoms with van der Waals surface area (Å²) in [6, 6.07) is 5.24. The molecule has 0 saturated carbocycles. The van der Waals surface area contributed by atoms with Crippen molar-refractivity contribution in [2.45, 2.75) is 52.6 Å². The SMILES string of the molecule is CC(C)=CCc1c(O)c(C=O)cc2c1O[C@H]1c3ccc(O)c(CC=C(C)C)c3OC[C@@H]21. The summed E-state index contributed by atoms with van der Waals surface area (Å²) in [5.41, 5.74) is 5.68. The maximum Gasteiger partial charge on any atom is 0.153 e. The summed E-state index contributed by atoms with van der Waals surface area (Å²) in [5.74, 6) is 1.38. The minimum atomic E-state index is -0.295. The van der Waals surface area contributed by atoms with E-state index in [9.17, 15) is 15.0 Å². The van der Waals surface area contributed by atoms with Gasteiger partial charge in [-0.05, 0) is 58.7 Å². The van der Waals surface area contributed by atoms with Gasteiger partial charge in [-0.15, -0.1) is 0 Å². The molecule has 2 N–H and O–H groups in total. The van der Waals surface area contributed by atoms with Crippen LogP contribution in [0.4, 0.5) is 0 Å². The molecule has 0 radical (unpaired) electrons. The summed E-state index contributed by atoms with van der Waals surface area (Å²) >= 11 is 0. The summed E-state index contributed by atoms with van der Waals surface area (Å²) in [6.45, 7) is 8.40. The average molecular weight is 421 g/mol. The highest BCUT2D eigenvalue weighted by atomic mass is 16.5. The number of fused-ring (bicyclic) bond motifs is 5. The summed E-state index contributed by atoms with van der Waals surface area (Å²) in [4.78, 5) is 11.6. The van der Waals surface area contributed by atoms with Gasteiger partial charge >= 0.3 is 0 Å². The van der Waals surface area contributed by atoms with E-state index in [1.54, 1.807) is 12.1 Å². The number of hydrogen-bond acceptors (Lipinski definition) is 5. The van der Waals surface area contributed by atoms with Crippen molar-refractivity contribution in [2.75, 3.05) is 6.61 Å². The first kappa shape index (κ1) is 21.0. The molecule has 162 valence electrons. The van der Waals surface area contributed by atoms with E-state index in [-0.39, 0.29) is 29.1 Å². The lowest BCUT2D eigenvalue weighted by molar-refractivity contribution is 0.112. The highest BCUT2D eigenvalue weighted by molar-refractivity contribution is 5.82. The number of ether oxygens (including phenoxy) is 2. The molecule has 0 unspecified atom stereocenters. The van der Waals surface area contributed by atoms with E-state index < -0.39 is 0 Å². The minimum Gasteiger partial charge on any atom is -0.508 e. The first-order valence-electron chi connectivity index (χ1n) is 10.6. The molecule has 0 aliphatic carbocycles. The van der Waals surface area contributed by atoms with Crippen molar-refractivity contribution in [3.63, 3.8) is 0 Å². The highest BCUT2D eigenvalue weighted by Crippen LogP contribution is 2.55. The monoisotopic (exact) mass is 420 g/mol. The minimum absolute atomic E-state index is 0.0269. The predicted molar refractivity (Wildman–Crippen MR) is 119 cm³/mol. The second kappa shape index (κ2) is 8.14. The van der Waals surface area contributed by atoms with E-state index in [2.05, 4.69) is 6.08 Å². The predicted octanol–water partition coefficient (Wildman–Crippen LogP) is 5.54. The number of aromatic hydroxyl groups is 2. The molecule has 0 spiro atoms. The molecule has 2 aliphatic rings. The molecule has 2 aliphatic heterocycles. The lowest BCUT2D eigenvalue weighted by Gasteiger charge is -2.29. The molecule has 2 aromatic rings. The quantitative estimate of drug-likeness (QED) is 0.491. The van der Waals surface area contributed by atoms with Crippen LogP contribution in [0.2, 0.25) is 0 Å². The van der Waals surface area contributed by atoms with Crippen molar-refractivity contribution < 1.29 is 24.5 Å². The Morgan fingerprint density at radius 1 is 1.00 bits per heavy atom. The largest absolute Gasteiger partial charge is 0.508 e. The molecule has 5 heteroatoms. The highest BCUT2D eigenvalue weighted by Gasteiger charge is 2.43. The van der Waals surface area contributed by atoms with Crippen LogP contribution < -0.4 is 9.47 Å². The number of rotatable bonds is 5. The van der Waals surface area contributed by atoms with E-state index in [0.717, 1.165) is 27.8 Å². The smallest absolute Gasteiger partial charge is 0.153 e. The Kier molecular flexibility index (Phi) is 5.52. The first-order valence-corrected chi connectivity index (χ1v) is 10.6. The van der Waals surface area contributed by atoms with Crippen LogP contribution in [-0.4, -0.2) is 23.1 Å². The van der Waals surface area contributed by atoms with Crippen LogP contribution in [-0.2, 0) is 12.8 Å². The Morgan fingerprint density at radius 3 is 2.32 bits per heavy atom. The normalized spacial score (nSPS) is 18.1. The zero-order valence-electron chi connectivity index (χ0n) is 18.4. The van der Waals surface area contributed by atoms with Crippen LogP contribution in [0, 0.1) is 0 Å². The third-order valence-electron chi connectivity index (χ3n) is 5.95. The van der Waals surface area contributed by atoms with Crippen molar-refractivity contribution in [1.82, 2.24) is 0 Å². The van der Waals surface area contributed by atoms with Crippen LogP contribution in [0.25, 0.3) is 0 Å². The fourth-order valence-electron chi connectivity index (χ4n) is 4.29. The number of hydrogen-bond donors (Lipinski definition) is 2. The number of carbonyl (C=O) groups excluding carboxylic acids is 1. The number of phenolic OH excluding ortho intramolecular Hbond substituents is 2.